The third-order valence-corrected chi connectivity index (χ3v) is 4.35. The number of nitrogen functional groups attached to an aromatic ring is 2. The Balaban J connectivity index is 2.42. The quantitative estimate of drug-likeness (QED) is 0.754. The lowest BCUT2D eigenvalue weighted by Crippen LogP contribution is -1.96. The molecule has 2 aromatic rings. The average Bonchev–Trinajstić information content (AvgIpc) is 2.36. The molecule has 2 aromatic carbocycles. The van der Waals surface area contributed by atoms with Crippen molar-refractivity contribution in [1.29, 1.82) is 0 Å². The minimum atomic E-state index is 0.344. The van der Waals surface area contributed by atoms with Crippen molar-refractivity contribution in [3.63, 3.8) is 0 Å². The van der Waals surface area contributed by atoms with Crippen molar-refractivity contribution in [2.45, 2.75) is 6.42 Å². The van der Waals surface area contributed by atoms with Gasteiger partial charge in [-0.25, -0.2) is 0 Å². The first-order chi connectivity index (χ1) is 8.90. The summed E-state index contributed by atoms with van der Waals surface area (Å²) in [5.74, 6) is 0. The van der Waals surface area contributed by atoms with Gasteiger partial charge in [-0.2, -0.15) is 0 Å². The van der Waals surface area contributed by atoms with Crippen molar-refractivity contribution in [3.05, 3.63) is 55.5 Å². The average molecular weight is 336 g/mol. The standard InChI is InChI=1S/C13H10Cl4N2/c14-8-5-11(19)9(15)4-7(8)3-6-1-2-10(18)13(17)12(6)16/h1-2,4-5H,3,18-19H2. The molecule has 0 radical (unpaired) electrons. The smallest absolute Gasteiger partial charge is 0.0824 e. The summed E-state index contributed by atoms with van der Waals surface area (Å²) in [5, 5.41) is 1.76. The van der Waals surface area contributed by atoms with Gasteiger partial charge in [0, 0.05) is 11.4 Å². The number of hydrogen-bond acceptors (Lipinski definition) is 2. The zero-order valence-electron chi connectivity index (χ0n) is 9.68. The van der Waals surface area contributed by atoms with Crippen LogP contribution in [0.1, 0.15) is 11.1 Å². The highest BCUT2D eigenvalue weighted by Gasteiger charge is 2.11. The topological polar surface area (TPSA) is 52.0 Å². The Labute approximate surface area is 131 Å². The Hall–Kier alpha value is -0.800. The van der Waals surface area contributed by atoms with Crippen molar-refractivity contribution in [3.8, 4) is 0 Å². The maximum absolute atomic E-state index is 6.16. The Morgan fingerprint density at radius 3 is 2.11 bits per heavy atom. The van der Waals surface area contributed by atoms with E-state index < -0.39 is 0 Å². The van der Waals surface area contributed by atoms with Crippen molar-refractivity contribution < 1.29 is 0 Å². The van der Waals surface area contributed by atoms with Gasteiger partial charge in [0.05, 0.1) is 26.4 Å². The fourth-order valence-corrected chi connectivity index (χ4v) is 2.53. The minimum absolute atomic E-state index is 0.344. The summed E-state index contributed by atoms with van der Waals surface area (Å²) in [5.41, 5.74) is 13.9. The van der Waals surface area contributed by atoms with Crippen LogP contribution in [-0.2, 0) is 6.42 Å². The van der Waals surface area contributed by atoms with Gasteiger partial charge in [-0.15, -0.1) is 0 Å². The van der Waals surface area contributed by atoms with E-state index in [0.29, 0.717) is 37.9 Å². The number of anilines is 2. The van der Waals surface area contributed by atoms with Crippen LogP contribution in [0.25, 0.3) is 0 Å². The number of benzene rings is 2. The van der Waals surface area contributed by atoms with E-state index in [1.54, 1.807) is 18.2 Å². The molecule has 6 heteroatoms. The normalized spacial score (nSPS) is 10.7. The van der Waals surface area contributed by atoms with Gasteiger partial charge in [-0.3, -0.25) is 0 Å². The van der Waals surface area contributed by atoms with E-state index in [-0.39, 0.29) is 0 Å². The molecule has 0 fully saturated rings. The summed E-state index contributed by atoms with van der Waals surface area (Å²) in [7, 11) is 0. The highest BCUT2D eigenvalue weighted by molar-refractivity contribution is 6.44. The molecule has 19 heavy (non-hydrogen) atoms. The molecule has 0 saturated heterocycles. The molecule has 2 rings (SSSR count). The van der Waals surface area contributed by atoms with Gasteiger partial charge in [-0.1, -0.05) is 52.5 Å². The van der Waals surface area contributed by atoms with Crippen molar-refractivity contribution in [2.75, 3.05) is 11.5 Å². The molecule has 2 nitrogen and oxygen atoms in total. The first kappa shape index (κ1) is 14.6. The van der Waals surface area contributed by atoms with Gasteiger partial charge in [-0.05, 0) is 29.3 Å². The van der Waals surface area contributed by atoms with Crippen molar-refractivity contribution in [1.82, 2.24) is 0 Å². The molecule has 0 aliphatic rings. The Morgan fingerprint density at radius 1 is 0.737 bits per heavy atom. The van der Waals surface area contributed by atoms with Gasteiger partial charge >= 0.3 is 0 Å². The van der Waals surface area contributed by atoms with Crippen molar-refractivity contribution in [2.24, 2.45) is 0 Å². The largest absolute Gasteiger partial charge is 0.397 e. The SMILES string of the molecule is Nc1cc(Cl)c(Cc2ccc(N)c(Cl)c2Cl)cc1Cl. The summed E-state index contributed by atoms with van der Waals surface area (Å²) < 4.78 is 0. The maximum Gasteiger partial charge on any atom is 0.0824 e. The van der Waals surface area contributed by atoms with Gasteiger partial charge in [0.2, 0.25) is 0 Å². The van der Waals surface area contributed by atoms with Crippen LogP contribution in [0.3, 0.4) is 0 Å². The molecule has 0 aromatic heterocycles. The van der Waals surface area contributed by atoms with Crippen LogP contribution in [0, 0.1) is 0 Å². The highest BCUT2D eigenvalue weighted by atomic mass is 35.5. The minimum Gasteiger partial charge on any atom is -0.397 e. The molecule has 0 heterocycles. The summed E-state index contributed by atoms with van der Waals surface area (Å²) >= 11 is 24.3. The van der Waals surface area contributed by atoms with E-state index in [4.69, 9.17) is 57.9 Å². The van der Waals surface area contributed by atoms with Gasteiger partial charge < -0.3 is 11.5 Å². The number of nitrogens with two attached hydrogens (primary N) is 2. The molecular formula is C13H10Cl4N2. The predicted molar refractivity (Wildman–Crippen MR) is 84.6 cm³/mol. The molecule has 100 valence electrons. The number of halogens is 4. The van der Waals surface area contributed by atoms with E-state index in [1.165, 1.54) is 0 Å². The predicted octanol–water partition coefficient (Wildman–Crippen LogP) is 5.06. The van der Waals surface area contributed by atoms with Crippen LogP contribution in [0.4, 0.5) is 11.4 Å². The first-order valence-corrected chi connectivity index (χ1v) is 6.87. The van der Waals surface area contributed by atoms with Crippen LogP contribution in [0.2, 0.25) is 20.1 Å². The Morgan fingerprint density at radius 2 is 1.42 bits per heavy atom. The molecule has 0 spiro atoms. The monoisotopic (exact) mass is 334 g/mol. The molecule has 0 bridgehead atoms. The first-order valence-electron chi connectivity index (χ1n) is 5.36. The summed E-state index contributed by atoms with van der Waals surface area (Å²) in [6, 6.07) is 6.85. The number of rotatable bonds is 2. The molecule has 0 amide bonds. The van der Waals surface area contributed by atoms with Gasteiger partial charge in [0.25, 0.3) is 0 Å². The maximum atomic E-state index is 6.16. The summed E-state index contributed by atoms with van der Waals surface area (Å²) in [6.45, 7) is 0. The molecule has 4 N–H and O–H groups in total. The summed E-state index contributed by atoms with van der Waals surface area (Å²) in [4.78, 5) is 0. The zero-order chi connectivity index (χ0) is 14.2. The molecule has 0 unspecified atom stereocenters. The van der Waals surface area contributed by atoms with Crippen LogP contribution in [0.15, 0.2) is 24.3 Å². The van der Waals surface area contributed by atoms with Crippen LogP contribution >= 0.6 is 46.4 Å². The van der Waals surface area contributed by atoms with Crippen molar-refractivity contribution >= 4 is 57.8 Å². The fraction of sp³-hybridized carbons (Fsp3) is 0.0769. The third kappa shape index (κ3) is 3.03. The van der Waals surface area contributed by atoms with E-state index in [1.807, 2.05) is 6.07 Å². The van der Waals surface area contributed by atoms with E-state index >= 15 is 0 Å². The van der Waals surface area contributed by atoms with Gasteiger partial charge in [0.1, 0.15) is 0 Å². The van der Waals surface area contributed by atoms with E-state index in [9.17, 15) is 0 Å². The van der Waals surface area contributed by atoms with Crippen LogP contribution in [-0.4, -0.2) is 0 Å². The zero-order valence-corrected chi connectivity index (χ0v) is 12.7. The molecule has 0 saturated carbocycles. The molecule has 0 atom stereocenters. The second kappa shape index (κ2) is 5.68. The lowest BCUT2D eigenvalue weighted by Gasteiger charge is -2.10. The molecule has 0 aliphatic carbocycles. The second-order valence-electron chi connectivity index (χ2n) is 4.08. The number of hydrogen-bond donors (Lipinski definition) is 2. The summed E-state index contributed by atoms with van der Waals surface area (Å²) in [6.07, 6.45) is 0.498. The third-order valence-electron chi connectivity index (χ3n) is 2.74. The lowest BCUT2D eigenvalue weighted by molar-refractivity contribution is 1.19. The van der Waals surface area contributed by atoms with Gasteiger partial charge in [0.15, 0.2) is 0 Å². The highest BCUT2D eigenvalue weighted by Crippen LogP contribution is 2.34. The lowest BCUT2D eigenvalue weighted by atomic mass is 10.0. The van der Waals surface area contributed by atoms with Crippen LogP contribution in [0.5, 0.6) is 0 Å². The molecular weight excluding hydrogens is 326 g/mol. The fourth-order valence-electron chi connectivity index (χ4n) is 1.68. The Kier molecular flexibility index (Phi) is 4.36. The van der Waals surface area contributed by atoms with E-state index in [2.05, 4.69) is 0 Å². The van der Waals surface area contributed by atoms with Crippen LogP contribution < -0.4 is 11.5 Å². The van der Waals surface area contributed by atoms with E-state index in [0.717, 1.165) is 11.1 Å². The molecule has 0 aliphatic heterocycles. The Bertz CT molecular complexity index is 641. The second-order valence-corrected chi connectivity index (χ2v) is 5.65.